The number of likely N-dealkylation sites (N-methyl/N-ethyl adjacent to an activating group) is 1. The molecule has 0 bridgehead atoms. The second-order valence-electron chi connectivity index (χ2n) is 7.19. The fraction of sp³-hybridized carbons (Fsp3) is 0.450. The zero-order valence-electron chi connectivity index (χ0n) is 15.0. The van der Waals surface area contributed by atoms with Gasteiger partial charge in [-0.15, -0.1) is 0 Å². The highest BCUT2D eigenvalue weighted by molar-refractivity contribution is 9.10. The number of amides is 1. The van der Waals surface area contributed by atoms with E-state index in [1.165, 1.54) is 32.5 Å². The van der Waals surface area contributed by atoms with Crippen LogP contribution in [0.5, 0.6) is 0 Å². The topological polar surface area (TPSA) is 40.5 Å². The number of rotatable bonds is 3. The lowest BCUT2D eigenvalue weighted by Crippen LogP contribution is -3.15. The average Bonchev–Trinajstić information content (AvgIpc) is 2.93. The number of halogens is 1. The molecule has 1 amide bonds. The van der Waals surface area contributed by atoms with Gasteiger partial charge in [-0.3, -0.25) is 4.79 Å². The number of fused-ring (bicyclic) bond motifs is 2. The van der Waals surface area contributed by atoms with Crippen molar-refractivity contribution in [2.24, 2.45) is 5.92 Å². The summed E-state index contributed by atoms with van der Waals surface area (Å²) < 4.78 is 1.10. The summed E-state index contributed by atoms with van der Waals surface area (Å²) in [6.07, 6.45) is 3.28. The van der Waals surface area contributed by atoms with Crippen LogP contribution in [-0.4, -0.2) is 48.5 Å². The molecule has 2 heterocycles. The Morgan fingerprint density at radius 1 is 1.36 bits per heavy atom. The Morgan fingerprint density at radius 3 is 2.84 bits per heavy atom. The number of nitrogens with one attached hydrogen (secondary N) is 2. The molecule has 0 spiro atoms. The van der Waals surface area contributed by atoms with Crippen molar-refractivity contribution in [3.05, 3.63) is 40.0 Å². The fourth-order valence-corrected chi connectivity index (χ4v) is 5.13. The first-order chi connectivity index (χ1) is 12.0. The van der Waals surface area contributed by atoms with Gasteiger partial charge in [-0.25, -0.2) is 0 Å². The Labute approximate surface area is 157 Å². The second-order valence-corrected chi connectivity index (χ2v) is 7.98. The number of nitrogens with zero attached hydrogens (tertiary/aromatic N) is 1. The van der Waals surface area contributed by atoms with Gasteiger partial charge in [0.25, 0.3) is 0 Å². The van der Waals surface area contributed by atoms with Crippen LogP contribution in [0.25, 0.3) is 16.5 Å². The number of hydrogen-bond acceptors (Lipinski definition) is 1. The van der Waals surface area contributed by atoms with Gasteiger partial charge >= 0.3 is 0 Å². The minimum absolute atomic E-state index is 0.0228. The van der Waals surface area contributed by atoms with Gasteiger partial charge in [0.15, 0.2) is 0 Å². The highest BCUT2D eigenvalue weighted by atomic mass is 79.9. The van der Waals surface area contributed by atoms with Crippen molar-refractivity contribution < 1.29 is 9.69 Å². The highest BCUT2D eigenvalue weighted by Crippen LogP contribution is 2.40. The summed E-state index contributed by atoms with van der Waals surface area (Å²) in [7, 11) is 2.23. The van der Waals surface area contributed by atoms with E-state index in [2.05, 4.69) is 66.1 Å². The van der Waals surface area contributed by atoms with Gasteiger partial charge in [-0.05, 0) is 47.0 Å². The van der Waals surface area contributed by atoms with Gasteiger partial charge < -0.3 is 14.8 Å². The predicted octanol–water partition coefficient (Wildman–Crippen LogP) is 2.25. The molecule has 4 nitrogen and oxygen atoms in total. The smallest absolute Gasteiger partial charge is 0.235 e. The van der Waals surface area contributed by atoms with E-state index in [-0.39, 0.29) is 11.8 Å². The van der Waals surface area contributed by atoms with Gasteiger partial charge in [0.05, 0.1) is 18.2 Å². The molecular weight excluding hydrogens is 378 g/mol. The van der Waals surface area contributed by atoms with Crippen molar-refractivity contribution in [1.29, 1.82) is 0 Å². The lowest BCUT2D eigenvalue weighted by Gasteiger charge is -2.37. The number of hydrogen-bond donors (Lipinski definition) is 2. The lowest BCUT2D eigenvalue weighted by molar-refractivity contribution is -0.900. The van der Waals surface area contributed by atoms with E-state index in [0.29, 0.717) is 6.04 Å². The minimum atomic E-state index is -0.0228. The van der Waals surface area contributed by atoms with Crippen molar-refractivity contribution in [3.8, 4) is 0 Å². The molecule has 132 valence electrons. The Hall–Kier alpha value is -1.59. The largest absolute Gasteiger partial charge is 0.349 e. The molecule has 3 unspecified atom stereocenters. The Balaban J connectivity index is 1.83. The number of aromatic amines is 1. The third-order valence-corrected chi connectivity index (χ3v) is 6.56. The molecule has 1 aliphatic heterocycles. The maximum Gasteiger partial charge on any atom is 0.235 e. The first-order valence-corrected chi connectivity index (χ1v) is 9.96. The van der Waals surface area contributed by atoms with E-state index in [1.54, 1.807) is 0 Å². The molecule has 1 aromatic carbocycles. The van der Waals surface area contributed by atoms with Crippen LogP contribution in [0.4, 0.5) is 0 Å². The zero-order valence-corrected chi connectivity index (χ0v) is 16.6. The maximum absolute atomic E-state index is 12.9. The van der Waals surface area contributed by atoms with Gasteiger partial charge in [-0.2, -0.15) is 0 Å². The van der Waals surface area contributed by atoms with Crippen molar-refractivity contribution in [2.75, 3.05) is 26.7 Å². The third kappa shape index (κ3) is 2.56. The molecule has 1 aliphatic carbocycles. The molecule has 2 aromatic rings. The lowest BCUT2D eigenvalue weighted by atomic mass is 9.79. The highest BCUT2D eigenvalue weighted by Gasteiger charge is 2.40. The van der Waals surface area contributed by atoms with Crippen LogP contribution in [0.3, 0.4) is 0 Å². The van der Waals surface area contributed by atoms with Crippen LogP contribution >= 0.6 is 15.9 Å². The molecule has 5 heteroatoms. The third-order valence-electron chi connectivity index (χ3n) is 5.88. The molecule has 25 heavy (non-hydrogen) atoms. The molecule has 2 N–H and O–H groups in total. The normalized spacial score (nSPS) is 24.8. The average molecular weight is 403 g/mol. The molecule has 4 rings (SSSR count). The van der Waals surface area contributed by atoms with E-state index in [1.807, 2.05) is 4.90 Å². The monoisotopic (exact) mass is 402 g/mol. The summed E-state index contributed by atoms with van der Waals surface area (Å²) in [6.45, 7) is 6.55. The number of H-pyrrole nitrogens is 1. The number of carbonyl (C=O) groups is 1. The van der Waals surface area contributed by atoms with E-state index >= 15 is 0 Å². The summed E-state index contributed by atoms with van der Waals surface area (Å²) in [5, 5.41) is 1.32. The number of quaternary nitrogens is 1. The van der Waals surface area contributed by atoms with E-state index < -0.39 is 0 Å². The van der Waals surface area contributed by atoms with Crippen molar-refractivity contribution in [2.45, 2.75) is 26.3 Å². The molecular formula is C20H25BrN3O+. The second kappa shape index (κ2) is 6.29. The summed E-state index contributed by atoms with van der Waals surface area (Å²) in [6, 6.07) is 6.87. The Kier molecular flexibility index (Phi) is 4.24. The molecule has 2 aliphatic rings. The predicted molar refractivity (Wildman–Crippen MR) is 105 cm³/mol. The summed E-state index contributed by atoms with van der Waals surface area (Å²) in [5.74, 6) is 0.244. The Morgan fingerprint density at radius 2 is 2.12 bits per heavy atom. The van der Waals surface area contributed by atoms with Crippen LogP contribution in [0.15, 0.2) is 28.9 Å². The standard InChI is InChI=1S/C20H24BrN3O/c1-4-24(5-2)20(25)12-9-14-13-7-6-8-16-18(13)15(19(21)22-16)10-17(14)23(3)11-12/h6-9,12,17,22H,4-5,10-11H2,1-3H3/p+1. The summed E-state index contributed by atoms with van der Waals surface area (Å²) in [5.41, 5.74) is 5.19. The van der Waals surface area contributed by atoms with Crippen molar-refractivity contribution >= 4 is 38.3 Å². The van der Waals surface area contributed by atoms with E-state index in [0.717, 1.165) is 30.7 Å². The van der Waals surface area contributed by atoms with Gasteiger partial charge in [-0.1, -0.05) is 18.2 Å². The van der Waals surface area contributed by atoms with Crippen LogP contribution in [0.2, 0.25) is 0 Å². The summed E-state index contributed by atoms with van der Waals surface area (Å²) in [4.78, 5) is 19.8. The van der Waals surface area contributed by atoms with Crippen LogP contribution in [-0.2, 0) is 11.2 Å². The van der Waals surface area contributed by atoms with E-state index in [9.17, 15) is 4.79 Å². The summed E-state index contributed by atoms with van der Waals surface area (Å²) >= 11 is 3.70. The Bertz CT molecular complexity index is 865. The molecule has 0 radical (unpaired) electrons. The molecule has 0 fully saturated rings. The fourth-order valence-electron chi connectivity index (χ4n) is 4.56. The first-order valence-electron chi connectivity index (χ1n) is 9.17. The number of carbonyl (C=O) groups excluding carboxylic acids is 1. The number of benzene rings is 1. The number of aromatic nitrogens is 1. The van der Waals surface area contributed by atoms with Crippen LogP contribution < -0.4 is 4.90 Å². The molecule has 0 saturated heterocycles. The first kappa shape index (κ1) is 16.9. The quantitative estimate of drug-likeness (QED) is 0.811. The molecule has 1 aromatic heterocycles. The zero-order chi connectivity index (χ0) is 17.7. The van der Waals surface area contributed by atoms with Crippen molar-refractivity contribution in [1.82, 2.24) is 9.88 Å². The van der Waals surface area contributed by atoms with Crippen LogP contribution in [0.1, 0.15) is 25.0 Å². The van der Waals surface area contributed by atoms with E-state index in [4.69, 9.17) is 0 Å². The molecule has 0 saturated carbocycles. The van der Waals surface area contributed by atoms with Crippen LogP contribution in [0, 0.1) is 5.92 Å². The minimum Gasteiger partial charge on any atom is -0.349 e. The maximum atomic E-state index is 12.9. The SMILES string of the molecule is CCN(CC)C(=O)C1C=C2c3cccc4[nH]c(Br)c(c34)CC2[NH+](C)C1. The molecule has 3 atom stereocenters. The van der Waals surface area contributed by atoms with Gasteiger partial charge in [0.2, 0.25) is 5.91 Å². The van der Waals surface area contributed by atoms with Crippen molar-refractivity contribution in [3.63, 3.8) is 0 Å². The van der Waals surface area contributed by atoms with Gasteiger partial charge in [0, 0.05) is 36.0 Å². The van der Waals surface area contributed by atoms with Gasteiger partial charge in [0.1, 0.15) is 12.0 Å².